The second-order valence-electron chi connectivity index (χ2n) is 4.25. The average molecular weight is 255 g/mol. The molecule has 0 unspecified atom stereocenters. The molecule has 1 aromatic carbocycles. The summed E-state index contributed by atoms with van der Waals surface area (Å²) in [6.45, 7) is 0.563. The Morgan fingerprint density at radius 2 is 2.21 bits per heavy atom. The van der Waals surface area contributed by atoms with Crippen LogP contribution in [0.15, 0.2) is 47.3 Å². The maximum atomic E-state index is 11.7. The summed E-state index contributed by atoms with van der Waals surface area (Å²) in [7, 11) is 0. The van der Waals surface area contributed by atoms with Crippen LogP contribution in [-0.4, -0.2) is 22.6 Å². The molecule has 0 bridgehead atoms. The van der Waals surface area contributed by atoms with Crippen LogP contribution in [0.2, 0.25) is 0 Å². The molecule has 96 valence electrons. The molecular weight excluding hydrogens is 242 g/mol. The van der Waals surface area contributed by atoms with Crippen LogP contribution in [0.3, 0.4) is 0 Å². The SMILES string of the molecule is O=C(NCCc1c[nH]c2ccccc12)c1ccon1. The van der Waals surface area contributed by atoms with E-state index in [9.17, 15) is 4.79 Å². The van der Waals surface area contributed by atoms with Crippen molar-refractivity contribution < 1.29 is 9.32 Å². The lowest BCUT2D eigenvalue weighted by Gasteiger charge is -2.02. The average Bonchev–Trinajstić information content (AvgIpc) is 3.08. The van der Waals surface area contributed by atoms with E-state index in [4.69, 9.17) is 0 Å². The Morgan fingerprint density at radius 3 is 3.05 bits per heavy atom. The van der Waals surface area contributed by atoms with E-state index in [0.29, 0.717) is 12.2 Å². The van der Waals surface area contributed by atoms with Gasteiger partial charge in [0.2, 0.25) is 0 Å². The molecule has 0 saturated heterocycles. The summed E-state index contributed by atoms with van der Waals surface area (Å²) in [6.07, 6.45) is 4.13. The number of H-pyrrole nitrogens is 1. The van der Waals surface area contributed by atoms with E-state index in [1.807, 2.05) is 24.4 Å². The van der Waals surface area contributed by atoms with E-state index in [-0.39, 0.29) is 5.91 Å². The van der Waals surface area contributed by atoms with Gasteiger partial charge in [0.05, 0.1) is 0 Å². The van der Waals surface area contributed by atoms with Crippen molar-refractivity contribution in [1.82, 2.24) is 15.5 Å². The Labute approximate surface area is 109 Å². The summed E-state index contributed by atoms with van der Waals surface area (Å²) in [5.41, 5.74) is 2.61. The summed E-state index contributed by atoms with van der Waals surface area (Å²) in [6, 6.07) is 9.65. The largest absolute Gasteiger partial charge is 0.364 e. The minimum absolute atomic E-state index is 0.214. The van der Waals surface area contributed by atoms with E-state index in [1.165, 1.54) is 17.2 Å². The molecule has 3 aromatic rings. The molecule has 1 amide bonds. The third kappa shape index (κ3) is 2.35. The molecule has 5 heteroatoms. The van der Waals surface area contributed by atoms with E-state index in [2.05, 4.69) is 26.0 Å². The van der Waals surface area contributed by atoms with Gasteiger partial charge in [0.15, 0.2) is 5.69 Å². The molecule has 5 nitrogen and oxygen atoms in total. The van der Waals surface area contributed by atoms with Gasteiger partial charge >= 0.3 is 0 Å². The quantitative estimate of drug-likeness (QED) is 0.750. The van der Waals surface area contributed by atoms with Crippen LogP contribution in [0.25, 0.3) is 10.9 Å². The molecule has 2 N–H and O–H groups in total. The number of aromatic nitrogens is 2. The number of carbonyl (C=O) groups is 1. The summed E-state index contributed by atoms with van der Waals surface area (Å²) in [5, 5.41) is 7.59. The molecule has 0 spiro atoms. The van der Waals surface area contributed by atoms with Gasteiger partial charge in [0, 0.05) is 29.7 Å². The Bertz CT molecular complexity index is 686. The minimum atomic E-state index is -0.214. The second kappa shape index (κ2) is 4.97. The standard InChI is InChI=1S/C14H13N3O2/c18-14(13-6-8-19-17-13)15-7-5-10-9-16-12-4-2-1-3-11(10)12/h1-4,6,8-9,16H,5,7H2,(H,15,18). The first-order valence-electron chi connectivity index (χ1n) is 6.08. The predicted molar refractivity (Wildman–Crippen MR) is 70.8 cm³/mol. The number of carbonyl (C=O) groups excluding carboxylic acids is 1. The maximum Gasteiger partial charge on any atom is 0.273 e. The molecule has 0 saturated carbocycles. The van der Waals surface area contributed by atoms with Gasteiger partial charge in [-0.25, -0.2) is 0 Å². The fraction of sp³-hybridized carbons (Fsp3) is 0.143. The molecule has 0 aliphatic heterocycles. The molecule has 0 radical (unpaired) electrons. The van der Waals surface area contributed by atoms with E-state index >= 15 is 0 Å². The van der Waals surface area contributed by atoms with Crippen LogP contribution < -0.4 is 5.32 Å². The van der Waals surface area contributed by atoms with Gasteiger partial charge in [-0.05, 0) is 18.1 Å². The normalized spacial score (nSPS) is 10.7. The van der Waals surface area contributed by atoms with Crippen LogP contribution in [0.5, 0.6) is 0 Å². The van der Waals surface area contributed by atoms with Crippen molar-refractivity contribution in [2.24, 2.45) is 0 Å². The lowest BCUT2D eigenvalue weighted by atomic mass is 10.1. The van der Waals surface area contributed by atoms with Gasteiger partial charge in [0.25, 0.3) is 5.91 Å². The topological polar surface area (TPSA) is 70.9 Å². The first-order chi connectivity index (χ1) is 9.34. The van der Waals surface area contributed by atoms with Crippen LogP contribution in [0, 0.1) is 0 Å². The van der Waals surface area contributed by atoms with Crippen molar-refractivity contribution in [1.29, 1.82) is 0 Å². The lowest BCUT2D eigenvalue weighted by molar-refractivity contribution is 0.0945. The van der Waals surface area contributed by atoms with E-state index in [1.54, 1.807) is 6.07 Å². The number of rotatable bonds is 4. The highest BCUT2D eigenvalue weighted by Gasteiger charge is 2.08. The number of hydrogen-bond acceptors (Lipinski definition) is 3. The monoisotopic (exact) mass is 255 g/mol. The molecule has 0 atom stereocenters. The number of aromatic amines is 1. The van der Waals surface area contributed by atoms with Crippen molar-refractivity contribution in [3.05, 3.63) is 54.0 Å². The Kier molecular flexibility index (Phi) is 3.02. The first kappa shape index (κ1) is 11.5. The number of amides is 1. The molecule has 19 heavy (non-hydrogen) atoms. The third-order valence-electron chi connectivity index (χ3n) is 3.03. The van der Waals surface area contributed by atoms with Gasteiger partial charge in [0.1, 0.15) is 6.26 Å². The molecule has 0 aliphatic rings. The molecule has 2 aromatic heterocycles. The van der Waals surface area contributed by atoms with E-state index in [0.717, 1.165) is 11.9 Å². The molecule has 2 heterocycles. The molecule has 3 rings (SSSR count). The fourth-order valence-electron chi connectivity index (χ4n) is 2.07. The van der Waals surface area contributed by atoms with Gasteiger partial charge in [-0.3, -0.25) is 4.79 Å². The summed E-state index contributed by atoms with van der Waals surface area (Å²) in [4.78, 5) is 14.9. The van der Waals surface area contributed by atoms with Gasteiger partial charge < -0.3 is 14.8 Å². The number of nitrogens with zero attached hydrogens (tertiary/aromatic N) is 1. The molecular formula is C14H13N3O2. The summed E-state index contributed by atoms with van der Waals surface area (Å²) >= 11 is 0. The smallest absolute Gasteiger partial charge is 0.273 e. The van der Waals surface area contributed by atoms with Crippen molar-refractivity contribution in [3.63, 3.8) is 0 Å². The zero-order chi connectivity index (χ0) is 13.1. The van der Waals surface area contributed by atoms with Crippen LogP contribution >= 0.6 is 0 Å². The van der Waals surface area contributed by atoms with Crippen molar-refractivity contribution in [3.8, 4) is 0 Å². The van der Waals surface area contributed by atoms with Gasteiger partial charge in [-0.15, -0.1) is 0 Å². The van der Waals surface area contributed by atoms with Crippen LogP contribution in [0.1, 0.15) is 16.1 Å². The zero-order valence-corrected chi connectivity index (χ0v) is 10.2. The summed E-state index contributed by atoms with van der Waals surface area (Å²) < 4.78 is 4.63. The highest BCUT2D eigenvalue weighted by molar-refractivity contribution is 5.92. The van der Waals surface area contributed by atoms with Crippen molar-refractivity contribution in [2.45, 2.75) is 6.42 Å². The Hall–Kier alpha value is -2.56. The van der Waals surface area contributed by atoms with E-state index < -0.39 is 0 Å². The number of benzene rings is 1. The van der Waals surface area contributed by atoms with Gasteiger partial charge in [-0.1, -0.05) is 23.4 Å². The predicted octanol–water partition coefficient (Wildman–Crippen LogP) is 2.13. The minimum Gasteiger partial charge on any atom is -0.364 e. The molecule has 0 fully saturated rings. The highest BCUT2D eigenvalue weighted by Crippen LogP contribution is 2.17. The van der Waals surface area contributed by atoms with Crippen LogP contribution in [0.4, 0.5) is 0 Å². The fourth-order valence-corrected chi connectivity index (χ4v) is 2.07. The first-order valence-corrected chi connectivity index (χ1v) is 6.08. The Morgan fingerprint density at radius 1 is 1.32 bits per heavy atom. The molecule has 0 aliphatic carbocycles. The second-order valence-corrected chi connectivity index (χ2v) is 4.25. The third-order valence-corrected chi connectivity index (χ3v) is 3.03. The van der Waals surface area contributed by atoms with Gasteiger partial charge in [-0.2, -0.15) is 0 Å². The lowest BCUT2D eigenvalue weighted by Crippen LogP contribution is -2.25. The Balaban J connectivity index is 1.62. The van der Waals surface area contributed by atoms with Crippen molar-refractivity contribution >= 4 is 16.8 Å². The number of hydrogen-bond donors (Lipinski definition) is 2. The number of fused-ring (bicyclic) bond motifs is 1. The zero-order valence-electron chi connectivity index (χ0n) is 10.2. The summed E-state index contributed by atoms with van der Waals surface area (Å²) in [5.74, 6) is -0.214. The maximum absolute atomic E-state index is 11.7. The number of para-hydroxylation sites is 1. The van der Waals surface area contributed by atoms with Crippen LogP contribution in [-0.2, 0) is 6.42 Å². The highest BCUT2D eigenvalue weighted by atomic mass is 16.5. The van der Waals surface area contributed by atoms with Crippen molar-refractivity contribution in [2.75, 3.05) is 6.54 Å². The number of nitrogens with one attached hydrogen (secondary N) is 2.